The summed E-state index contributed by atoms with van der Waals surface area (Å²) in [5, 5.41) is 12.8. The van der Waals surface area contributed by atoms with Crippen LogP contribution in [0.25, 0.3) is 20.9 Å². The Morgan fingerprint density at radius 3 is 2.64 bits per heavy atom. The molecule has 5 nitrogen and oxygen atoms in total. The van der Waals surface area contributed by atoms with Crippen molar-refractivity contribution >= 4 is 17.0 Å². The van der Waals surface area contributed by atoms with Crippen molar-refractivity contribution in [3.05, 3.63) is 60.4 Å². The van der Waals surface area contributed by atoms with Gasteiger partial charge in [-0.15, -0.1) is 11.3 Å². The summed E-state index contributed by atoms with van der Waals surface area (Å²) in [6.07, 6.45) is 3.35. The molecule has 2 aromatic heterocycles. The van der Waals surface area contributed by atoms with Gasteiger partial charge >= 0.3 is 0 Å². The van der Waals surface area contributed by atoms with Gasteiger partial charge in [-0.1, -0.05) is 12.1 Å². The molecule has 0 aliphatic carbocycles. The smallest absolute Gasteiger partial charge is 0.101 e. The lowest BCUT2D eigenvalue weighted by atomic mass is 10.1. The van der Waals surface area contributed by atoms with Gasteiger partial charge in [0.2, 0.25) is 0 Å². The third-order valence-electron chi connectivity index (χ3n) is 4.84. The number of hydrogen-bond donors (Lipinski definition) is 1. The van der Waals surface area contributed by atoms with Gasteiger partial charge < -0.3 is 10.1 Å². The molecule has 0 saturated carbocycles. The van der Waals surface area contributed by atoms with Gasteiger partial charge in [0.15, 0.2) is 0 Å². The molecule has 0 radical (unpaired) electrons. The van der Waals surface area contributed by atoms with E-state index in [0.717, 1.165) is 55.5 Å². The summed E-state index contributed by atoms with van der Waals surface area (Å²) in [4.78, 5) is 8.73. The van der Waals surface area contributed by atoms with Crippen molar-refractivity contribution in [2.75, 3.05) is 44.7 Å². The minimum absolute atomic E-state index is 0.607. The minimum atomic E-state index is 0.607. The number of nitriles is 1. The number of nitrogens with zero attached hydrogens (tertiary/aromatic N) is 3. The Bertz CT molecular complexity index is 955. The molecule has 0 spiro atoms. The van der Waals surface area contributed by atoms with Crippen LogP contribution in [0.4, 0.5) is 5.69 Å². The standard InChI is InChI=1S/C22H22N4OS/c23-15-18-16-24-8-7-20(18)22-6-5-21(28-22)17-1-3-19(4-2-17)25-9-10-26-11-13-27-14-12-26/h1-8,16,25H,9-14H2. The lowest BCUT2D eigenvalue weighted by Crippen LogP contribution is -2.38. The van der Waals surface area contributed by atoms with Gasteiger partial charge in [-0.3, -0.25) is 9.88 Å². The van der Waals surface area contributed by atoms with E-state index in [1.807, 2.05) is 6.07 Å². The number of aromatic nitrogens is 1. The topological polar surface area (TPSA) is 61.2 Å². The molecule has 1 N–H and O–H groups in total. The van der Waals surface area contributed by atoms with Crippen LogP contribution < -0.4 is 5.32 Å². The molecule has 4 rings (SSSR count). The van der Waals surface area contributed by atoms with Crippen molar-refractivity contribution in [1.29, 1.82) is 5.26 Å². The lowest BCUT2D eigenvalue weighted by molar-refractivity contribution is 0.0398. The summed E-state index contributed by atoms with van der Waals surface area (Å²) in [5.41, 5.74) is 3.86. The van der Waals surface area contributed by atoms with Gasteiger partial charge in [0.05, 0.1) is 18.8 Å². The van der Waals surface area contributed by atoms with E-state index < -0.39 is 0 Å². The zero-order valence-electron chi connectivity index (χ0n) is 15.6. The van der Waals surface area contributed by atoms with Crippen LogP contribution in [0.2, 0.25) is 0 Å². The van der Waals surface area contributed by atoms with Crippen LogP contribution in [0, 0.1) is 11.3 Å². The van der Waals surface area contributed by atoms with Crippen molar-refractivity contribution in [3.63, 3.8) is 0 Å². The van der Waals surface area contributed by atoms with E-state index in [1.54, 1.807) is 23.7 Å². The quantitative estimate of drug-likeness (QED) is 0.687. The fraction of sp³-hybridized carbons (Fsp3) is 0.273. The third kappa shape index (κ3) is 4.39. The normalized spacial score (nSPS) is 14.5. The number of benzene rings is 1. The Labute approximate surface area is 169 Å². The molecule has 142 valence electrons. The van der Waals surface area contributed by atoms with Crippen LogP contribution in [-0.4, -0.2) is 49.3 Å². The predicted molar refractivity (Wildman–Crippen MR) is 113 cm³/mol. The van der Waals surface area contributed by atoms with E-state index in [-0.39, 0.29) is 0 Å². The van der Waals surface area contributed by atoms with E-state index in [2.05, 4.69) is 57.7 Å². The van der Waals surface area contributed by atoms with Crippen LogP contribution >= 0.6 is 11.3 Å². The summed E-state index contributed by atoms with van der Waals surface area (Å²) < 4.78 is 5.38. The molecule has 0 atom stereocenters. The van der Waals surface area contributed by atoms with E-state index in [9.17, 15) is 5.26 Å². The van der Waals surface area contributed by atoms with Crippen LogP contribution in [0.1, 0.15) is 5.56 Å². The summed E-state index contributed by atoms with van der Waals surface area (Å²) in [7, 11) is 0. The zero-order valence-corrected chi connectivity index (χ0v) is 16.4. The first-order valence-electron chi connectivity index (χ1n) is 9.42. The largest absolute Gasteiger partial charge is 0.384 e. The van der Waals surface area contributed by atoms with Gasteiger partial charge in [-0.25, -0.2) is 0 Å². The van der Waals surface area contributed by atoms with Gasteiger partial charge in [-0.2, -0.15) is 5.26 Å². The maximum Gasteiger partial charge on any atom is 0.101 e. The summed E-state index contributed by atoms with van der Waals surface area (Å²) in [6.45, 7) is 5.69. The van der Waals surface area contributed by atoms with Crippen LogP contribution in [0.15, 0.2) is 54.9 Å². The highest BCUT2D eigenvalue weighted by Crippen LogP contribution is 2.35. The monoisotopic (exact) mass is 390 g/mol. The number of ether oxygens (including phenoxy) is 1. The summed E-state index contributed by atoms with van der Waals surface area (Å²) in [6, 6.07) is 16.8. The van der Waals surface area contributed by atoms with Gasteiger partial charge in [0.25, 0.3) is 0 Å². The van der Waals surface area contributed by atoms with E-state index >= 15 is 0 Å². The second-order valence-corrected chi connectivity index (χ2v) is 7.74. The number of hydrogen-bond acceptors (Lipinski definition) is 6. The molecule has 1 aliphatic heterocycles. The molecule has 1 aromatic carbocycles. The minimum Gasteiger partial charge on any atom is -0.384 e. The van der Waals surface area contributed by atoms with Gasteiger partial charge in [0, 0.05) is 59.6 Å². The number of nitrogens with one attached hydrogen (secondary N) is 1. The lowest BCUT2D eigenvalue weighted by Gasteiger charge is -2.26. The second-order valence-electron chi connectivity index (χ2n) is 6.66. The Morgan fingerprint density at radius 2 is 1.86 bits per heavy atom. The van der Waals surface area contributed by atoms with E-state index in [1.165, 1.54) is 10.4 Å². The molecule has 0 unspecified atom stereocenters. The molecule has 1 fully saturated rings. The van der Waals surface area contributed by atoms with E-state index in [0.29, 0.717) is 5.56 Å². The maximum absolute atomic E-state index is 9.29. The zero-order chi connectivity index (χ0) is 19.2. The van der Waals surface area contributed by atoms with Crippen molar-refractivity contribution in [3.8, 4) is 27.0 Å². The Hall–Kier alpha value is -2.72. The van der Waals surface area contributed by atoms with E-state index in [4.69, 9.17) is 4.74 Å². The Kier molecular flexibility index (Phi) is 5.98. The van der Waals surface area contributed by atoms with Gasteiger partial charge in [0.1, 0.15) is 6.07 Å². The molecule has 1 saturated heterocycles. The second kappa shape index (κ2) is 8.98. The van der Waals surface area contributed by atoms with Crippen molar-refractivity contribution in [1.82, 2.24) is 9.88 Å². The Balaban J connectivity index is 1.39. The fourth-order valence-electron chi connectivity index (χ4n) is 3.27. The van der Waals surface area contributed by atoms with Crippen molar-refractivity contribution in [2.45, 2.75) is 0 Å². The molecule has 3 heterocycles. The summed E-state index contributed by atoms with van der Waals surface area (Å²) in [5.74, 6) is 0. The number of morpholine rings is 1. The predicted octanol–water partition coefficient (Wildman–Crippen LogP) is 4.09. The van der Waals surface area contributed by atoms with Crippen LogP contribution in [0.5, 0.6) is 0 Å². The SMILES string of the molecule is N#Cc1cnccc1-c1ccc(-c2ccc(NCCN3CCOCC3)cc2)s1. The summed E-state index contributed by atoms with van der Waals surface area (Å²) >= 11 is 1.69. The van der Waals surface area contributed by atoms with Crippen molar-refractivity contribution in [2.24, 2.45) is 0 Å². The number of pyridine rings is 1. The molecule has 3 aromatic rings. The highest BCUT2D eigenvalue weighted by atomic mass is 32.1. The average Bonchev–Trinajstić information content (AvgIpc) is 3.25. The van der Waals surface area contributed by atoms with Crippen LogP contribution in [-0.2, 0) is 4.74 Å². The highest BCUT2D eigenvalue weighted by molar-refractivity contribution is 7.18. The number of thiophene rings is 1. The molecule has 0 bridgehead atoms. The Morgan fingerprint density at radius 1 is 1.07 bits per heavy atom. The first-order valence-corrected chi connectivity index (χ1v) is 10.2. The average molecular weight is 391 g/mol. The molecule has 0 amide bonds. The molecular weight excluding hydrogens is 368 g/mol. The molecule has 6 heteroatoms. The van der Waals surface area contributed by atoms with Crippen LogP contribution in [0.3, 0.4) is 0 Å². The number of anilines is 1. The highest BCUT2D eigenvalue weighted by Gasteiger charge is 2.10. The first kappa shape index (κ1) is 18.6. The fourth-order valence-corrected chi connectivity index (χ4v) is 4.32. The maximum atomic E-state index is 9.29. The first-order chi connectivity index (χ1) is 13.8. The third-order valence-corrected chi connectivity index (χ3v) is 6.01. The molecular formula is C22H22N4OS. The molecule has 1 aliphatic rings. The molecule has 28 heavy (non-hydrogen) atoms. The number of rotatable bonds is 6. The van der Waals surface area contributed by atoms with Gasteiger partial charge in [-0.05, 0) is 35.9 Å². The van der Waals surface area contributed by atoms with Crippen molar-refractivity contribution < 1.29 is 4.74 Å².